The zero-order chi connectivity index (χ0) is 50.8. The van der Waals surface area contributed by atoms with Gasteiger partial charge in [0.1, 0.15) is 24.8 Å². The van der Waals surface area contributed by atoms with Crippen LogP contribution in [0.4, 0.5) is 21.2 Å². The van der Waals surface area contributed by atoms with Gasteiger partial charge in [0.2, 0.25) is 0 Å². The third-order valence-electron chi connectivity index (χ3n) is 13.3. The van der Waals surface area contributed by atoms with Crippen molar-refractivity contribution >= 4 is 47.6 Å². The molecule has 0 atom stereocenters. The lowest BCUT2D eigenvalue weighted by atomic mass is 9.98. The minimum Gasteiger partial charge on any atom is -0.478 e. The number of aromatic nitrogens is 2. The minimum atomic E-state index is -1.05. The van der Waals surface area contributed by atoms with Gasteiger partial charge in [-0.3, -0.25) is 14.4 Å². The molecule has 18 nitrogen and oxygen atoms in total. The molecule has 0 saturated carbocycles. The number of hydroxylamine groups is 2. The van der Waals surface area contributed by atoms with Crippen molar-refractivity contribution in [3.63, 3.8) is 0 Å². The van der Waals surface area contributed by atoms with E-state index in [1.807, 2.05) is 83.8 Å². The number of carbonyl (C=O) groups excluding carboxylic acids is 5. The Labute approximate surface area is 421 Å². The summed E-state index contributed by atoms with van der Waals surface area (Å²) in [5.41, 5.74) is 9.83. The van der Waals surface area contributed by atoms with Gasteiger partial charge in [-0.05, 0) is 68.8 Å². The molecule has 0 spiro atoms. The quantitative estimate of drug-likeness (QED) is 0.0837. The highest BCUT2D eigenvalue weighted by Crippen LogP contribution is 2.46. The summed E-state index contributed by atoms with van der Waals surface area (Å²) >= 11 is 0. The average Bonchev–Trinajstić information content (AvgIpc) is 4.07. The van der Waals surface area contributed by atoms with Crippen molar-refractivity contribution in [2.24, 2.45) is 0 Å². The number of piperazine rings is 2. The van der Waals surface area contributed by atoms with E-state index in [4.69, 9.17) is 19.4 Å². The summed E-state index contributed by atoms with van der Waals surface area (Å²) in [6, 6.07) is 39.3. The van der Waals surface area contributed by atoms with Crippen molar-refractivity contribution < 1.29 is 52.9 Å². The molecule has 4 aromatic carbocycles. The van der Waals surface area contributed by atoms with Crippen LogP contribution in [0.15, 0.2) is 134 Å². The molecule has 3 amide bonds. The average molecular weight is 988 g/mol. The first-order valence-corrected chi connectivity index (χ1v) is 24.0. The fraction of sp³-hybridized carbons (Fsp3) is 0.273. The lowest BCUT2D eigenvalue weighted by Crippen LogP contribution is -2.49. The number of hydrogen-bond acceptors (Lipinski definition) is 15. The van der Waals surface area contributed by atoms with E-state index in [0.29, 0.717) is 49.2 Å². The smallest absolute Gasteiger partial charge is 0.478 e. The largest absolute Gasteiger partial charge is 0.533 e. The van der Waals surface area contributed by atoms with Gasteiger partial charge in [0.15, 0.2) is 0 Å². The van der Waals surface area contributed by atoms with Gasteiger partial charge in [0.25, 0.3) is 11.8 Å². The van der Waals surface area contributed by atoms with Crippen molar-refractivity contribution in [1.29, 1.82) is 0 Å². The highest BCUT2D eigenvalue weighted by atomic mass is 16.8. The van der Waals surface area contributed by atoms with Crippen molar-refractivity contribution in [1.82, 2.24) is 25.2 Å². The van der Waals surface area contributed by atoms with E-state index in [0.717, 1.165) is 54.3 Å². The van der Waals surface area contributed by atoms with Crippen molar-refractivity contribution in [3.8, 4) is 22.3 Å². The molecule has 6 aromatic rings. The fourth-order valence-corrected chi connectivity index (χ4v) is 9.56. The van der Waals surface area contributed by atoms with E-state index in [9.17, 15) is 28.8 Å². The number of hydrogen-bond donors (Lipinski definition) is 2. The summed E-state index contributed by atoms with van der Waals surface area (Å²) in [6.07, 6.45) is 1.66. The van der Waals surface area contributed by atoms with Crippen molar-refractivity contribution in [3.05, 3.63) is 167 Å². The molecule has 5 aliphatic rings. The van der Waals surface area contributed by atoms with Gasteiger partial charge in [-0.2, -0.15) is 0 Å². The Morgan fingerprint density at radius 3 is 1.45 bits per heavy atom. The van der Waals surface area contributed by atoms with Crippen LogP contribution in [0.3, 0.4) is 0 Å². The number of fused-ring (bicyclic) bond motifs is 6. The zero-order valence-electron chi connectivity index (χ0n) is 40.1. The summed E-state index contributed by atoms with van der Waals surface area (Å²) in [5.74, 6) is -0.841. The second-order valence-corrected chi connectivity index (χ2v) is 17.6. The van der Waals surface area contributed by atoms with Gasteiger partial charge in [0, 0.05) is 89.4 Å². The molecule has 3 saturated heterocycles. The number of nitrogens with zero attached hydrogens (tertiary/aromatic N) is 6. The fourth-order valence-electron chi connectivity index (χ4n) is 9.56. The Hall–Kier alpha value is -8.64. The number of imide groups is 1. The van der Waals surface area contributed by atoms with Crippen LogP contribution >= 0.6 is 0 Å². The zero-order valence-corrected chi connectivity index (χ0v) is 40.1. The second-order valence-electron chi connectivity index (χ2n) is 17.6. The van der Waals surface area contributed by atoms with Gasteiger partial charge < -0.3 is 39.3 Å². The maximum atomic E-state index is 12.7. The maximum Gasteiger partial charge on any atom is 0.533 e. The number of rotatable bonds is 9. The number of carbonyl (C=O) groups is 6. The molecular weight excluding hydrogens is 935 g/mol. The third kappa shape index (κ3) is 11.1. The highest BCUT2D eigenvalue weighted by molar-refractivity contribution is 6.01. The Bertz CT molecular complexity index is 2880. The van der Waals surface area contributed by atoms with Crippen molar-refractivity contribution in [2.75, 3.05) is 82.5 Å². The predicted molar refractivity (Wildman–Crippen MR) is 268 cm³/mol. The number of esters is 1. The second kappa shape index (κ2) is 22.6. The normalized spacial score (nSPS) is 15.6. The molecule has 3 aliphatic heterocycles. The lowest BCUT2D eigenvalue weighted by molar-refractivity contribution is -0.177. The van der Waals surface area contributed by atoms with Crippen LogP contribution in [0.25, 0.3) is 22.3 Å². The number of carboxylic acids is 1. The number of carboxylic acid groups (broad SMARTS) is 1. The molecule has 73 heavy (non-hydrogen) atoms. The van der Waals surface area contributed by atoms with E-state index in [1.54, 1.807) is 29.3 Å². The summed E-state index contributed by atoms with van der Waals surface area (Å²) in [5, 5.41) is 12.8. The molecule has 0 unspecified atom stereocenters. The summed E-state index contributed by atoms with van der Waals surface area (Å²) < 4.78 is 15.6. The number of amides is 3. The van der Waals surface area contributed by atoms with Crippen LogP contribution in [-0.4, -0.2) is 134 Å². The van der Waals surface area contributed by atoms with E-state index in [1.165, 1.54) is 35.6 Å². The van der Waals surface area contributed by atoms with Gasteiger partial charge in [0.05, 0.1) is 18.2 Å². The molecular formula is C55H53N7O11. The first-order chi connectivity index (χ1) is 35.6. The lowest BCUT2D eigenvalue weighted by Gasteiger charge is -2.35. The van der Waals surface area contributed by atoms with E-state index in [-0.39, 0.29) is 48.9 Å². The van der Waals surface area contributed by atoms with Crippen LogP contribution in [-0.2, 0) is 28.6 Å². The third-order valence-corrected chi connectivity index (χ3v) is 13.3. The molecule has 374 valence electrons. The number of ether oxygens (including phenoxy) is 3. The molecule has 3 fully saturated rings. The molecule has 18 heteroatoms. The first kappa shape index (κ1) is 49.3. The molecule has 0 radical (unpaired) electrons. The Kier molecular flexibility index (Phi) is 15.3. The minimum absolute atomic E-state index is 0.0459. The molecule has 0 bridgehead atoms. The summed E-state index contributed by atoms with van der Waals surface area (Å²) in [6.45, 7) is 6.51. The van der Waals surface area contributed by atoms with Crippen LogP contribution < -0.4 is 15.1 Å². The van der Waals surface area contributed by atoms with Crippen molar-refractivity contribution in [2.45, 2.75) is 24.7 Å². The van der Waals surface area contributed by atoms with Gasteiger partial charge >= 0.3 is 24.2 Å². The summed E-state index contributed by atoms with van der Waals surface area (Å²) in [4.78, 5) is 89.0. The van der Waals surface area contributed by atoms with Gasteiger partial charge in [-0.25, -0.2) is 29.1 Å². The van der Waals surface area contributed by atoms with Gasteiger partial charge in [-0.15, -0.1) is 0 Å². The van der Waals surface area contributed by atoms with Crippen LogP contribution in [0.2, 0.25) is 0 Å². The monoisotopic (exact) mass is 987 g/mol. The Balaban J connectivity index is 0.000000143. The number of methoxy groups -OCH3 is 1. The standard InChI is InChI=1S/C25H23N3O4.C19H15NO5.C11H15N3O2/c29-24(30)17-9-10-23(26-15-17)27-11-13-28(14-12-27)25(31)32-16-22-20-7-3-1-5-18(20)19-6-2-4-8-21(19)22;21-17-9-10-18(22)20(17)25-19(23)24-11-16-14-7-3-1-5-12(14)13-6-2-4-8-15(13)16;1-16-11(15)9-2-3-10(13-8-9)14-6-4-12-5-7-14/h1-10,15,22H,11-14,16H2,(H,29,30);1-8,16H,9-11H2;2-3,8,12H,4-7H2,1H3. The number of nitrogens with one attached hydrogen (secondary N) is 1. The van der Waals surface area contributed by atoms with Crippen LogP contribution in [0, 0.1) is 0 Å². The number of anilines is 2. The highest BCUT2D eigenvalue weighted by Gasteiger charge is 2.35. The van der Waals surface area contributed by atoms with E-state index < -0.39 is 23.9 Å². The number of aromatic carboxylic acids is 1. The molecule has 5 heterocycles. The van der Waals surface area contributed by atoms with E-state index >= 15 is 0 Å². The maximum absolute atomic E-state index is 12.7. The van der Waals surface area contributed by atoms with E-state index in [2.05, 4.69) is 49.2 Å². The Morgan fingerprint density at radius 2 is 1.01 bits per heavy atom. The first-order valence-electron chi connectivity index (χ1n) is 24.0. The topological polar surface area (TPSA) is 210 Å². The number of pyridine rings is 2. The molecule has 11 rings (SSSR count). The molecule has 2 aliphatic carbocycles. The molecule has 2 aromatic heterocycles. The summed E-state index contributed by atoms with van der Waals surface area (Å²) in [7, 11) is 1.37. The van der Waals surface area contributed by atoms with Gasteiger partial charge in [-0.1, -0.05) is 102 Å². The molecule has 2 N–H and O–H groups in total. The Morgan fingerprint density at radius 1 is 0.575 bits per heavy atom. The predicted octanol–water partition coefficient (Wildman–Crippen LogP) is 7.14. The van der Waals surface area contributed by atoms with Crippen LogP contribution in [0.5, 0.6) is 0 Å². The number of benzene rings is 4. The SMILES string of the molecule is COC(=O)c1ccc(N2CCNCC2)nc1.O=C(O)c1ccc(N2CCN(C(=O)OCC3c4ccccc4-c4ccccc43)CC2)nc1.O=C(OCC1c2ccccc2-c2ccccc21)ON1C(=O)CCC1=O. The van der Waals surface area contributed by atoms with Crippen LogP contribution in [0.1, 0.15) is 67.6 Å².